The fraction of sp³-hybridized carbons (Fsp3) is 0.400. The van der Waals surface area contributed by atoms with Gasteiger partial charge >= 0.3 is 0 Å². The van der Waals surface area contributed by atoms with Gasteiger partial charge in [0, 0.05) is 25.1 Å². The van der Waals surface area contributed by atoms with E-state index in [1.165, 1.54) is 5.56 Å². The van der Waals surface area contributed by atoms with Gasteiger partial charge in [-0.3, -0.25) is 0 Å². The van der Waals surface area contributed by atoms with E-state index in [0.717, 1.165) is 19.6 Å². The van der Waals surface area contributed by atoms with Crippen molar-refractivity contribution in [2.45, 2.75) is 30.4 Å². The third-order valence-corrected chi connectivity index (χ3v) is 6.57. The van der Waals surface area contributed by atoms with Gasteiger partial charge in [-0.25, -0.2) is 8.42 Å². The number of nitrogens with one attached hydrogen (secondary N) is 1. The van der Waals surface area contributed by atoms with Gasteiger partial charge < -0.3 is 10.1 Å². The molecule has 134 valence electrons. The molecule has 25 heavy (non-hydrogen) atoms. The van der Waals surface area contributed by atoms with E-state index in [0.29, 0.717) is 10.8 Å². The molecule has 0 spiro atoms. The molecular weight excluding hydrogens is 334 g/mol. The van der Waals surface area contributed by atoms with Crippen LogP contribution in [0.2, 0.25) is 0 Å². The van der Waals surface area contributed by atoms with E-state index < -0.39 is 9.84 Å². The van der Waals surface area contributed by atoms with E-state index in [1.807, 2.05) is 31.2 Å². The molecule has 0 aromatic heterocycles. The minimum atomic E-state index is -3.26. The van der Waals surface area contributed by atoms with Crippen LogP contribution in [-0.4, -0.2) is 33.4 Å². The van der Waals surface area contributed by atoms with Crippen molar-refractivity contribution in [2.75, 3.05) is 18.9 Å². The Hall–Kier alpha value is -1.69. The SMILES string of the molecule is CC(CS(=O)(=O)c1ccccc1)NC[C@H]1CCO[C@@H]1c1ccccc1. The van der Waals surface area contributed by atoms with Crippen LogP contribution in [0.5, 0.6) is 0 Å². The van der Waals surface area contributed by atoms with Gasteiger partial charge in [0.15, 0.2) is 9.84 Å². The third-order valence-electron chi connectivity index (χ3n) is 4.64. The zero-order valence-corrected chi connectivity index (χ0v) is 15.3. The van der Waals surface area contributed by atoms with Crippen LogP contribution in [0, 0.1) is 5.92 Å². The molecule has 1 unspecified atom stereocenters. The zero-order valence-electron chi connectivity index (χ0n) is 14.5. The fourth-order valence-electron chi connectivity index (χ4n) is 3.32. The van der Waals surface area contributed by atoms with Gasteiger partial charge in [-0.15, -0.1) is 0 Å². The van der Waals surface area contributed by atoms with Crippen LogP contribution in [0.15, 0.2) is 65.6 Å². The van der Waals surface area contributed by atoms with E-state index in [4.69, 9.17) is 4.74 Å². The lowest BCUT2D eigenvalue weighted by Gasteiger charge is -2.22. The van der Waals surface area contributed by atoms with Crippen molar-refractivity contribution >= 4 is 9.84 Å². The molecule has 3 atom stereocenters. The topological polar surface area (TPSA) is 55.4 Å². The minimum Gasteiger partial charge on any atom is -0.373 e. The summed E-state index contributed by atoms with van der Waals surface area (Å²) in [6.07, 6.45) is 1.08. The molecule has 1 fully saturated rings. The molecule has 3 rings (SSSR count). The first-order valence-electron chi connectivity index (χ1n) is 8.74. The highest BCUT2D eigenvalue weighted by Gasteiger charge is 2.30. The third kappa shape index (κ3) is 4.69. The van der Waals surface area contributed by atoms with Crippen molar-refractivity contribution in [3.63, 3.8) is 0 Å². The van der Waals surface area contributed by atoms with E-state index in [9.17, 15) is 8.42 Å². The average Bonchev–Trinajstić information content (AvgIpc) is 3.10. The first-order chi connectivity index (χ1) is 12.1. The fourth-order valence-corrected chi connectivity index (χ4v) is 4.86. The highest BCUT2D eigenvalue weighted by molar-refractivity contribution is 7.91. The minimum absolute atomic E-state index is 0.0895. The van der Waals surface area contributed by atoms with Crippen molar-refractivity contribution in [3.05, 3.63) is 66.2 Å². The maximum Gasteiger partial charge on any atom is 0.179 e. The van der Waals surface area contributed by atoms with Crippen LogP contribution in [-0.2, 0) is 14.6 Å². The standard InChI is InChI=1S/C20H25NO3S/c1-16(15-25(22,23)19-10-6-3-7-11-19)21-14-18-12-13-24-20(18)17-8-4-2-5-9-17/h2-11,16,18,20-21H,12-15H2,1H3/t16?,18-,20-/m1/s1. The number of hydrogen-bond acceptors (Lipinski definition) is 4. The van der Waals surface area contributed by atoms with Gasteiger partial charge in [-0.05, 0) is 31.0 Å². The van der Waals surface area contributed by atoms with Crippen LogP contribution in [0.3, 0.4) is 0 Å². The molecule has 0 radical (unpaired) electrons. The van der Waals surface area contributed by atoms with Crippen LogP contribution in [0.25, 0.3) is 0 Å². The van der Waals surface area contributed by atoms with Crippen LogP contribution in [0.4, 0.5) is 0 Å². The molecule has 2 aromatic rings. The van der Waals surface area contributed by atoms with Gasteiger partial charge in [-0.1, -0.05) is 48.5 Å². The summed E-state index contributed by atoms with van der Waals surface area (Å²) in [5.74, 6) is 0.463. The molecule has 1 N–H and O–H groups in total. The lowest BCUT2D eigenvalue weighted by Crippen LogP contribution is -2.37. The predicted octanol–water partition coefficient (Wildman–Crippen LogP) is 3.22. The summed E-state index contributed by atoms with van der Waals surface area (Å²) < 4.78 is 30.8. The normalized spacial score (nSPS) is 22.0. The average molecular weight is 359 g/mol. The van der Waals surface area contributed by atoms with Crippen molar-refractivity contribution < 1.29 is 13.2 Å². The second kappa shape index (κ2) is 8.13. The number of ether oxygens (including phenoxy) is 1. The summed E-state index contributed by atoms with van der Waals surface area (Å²) in [5.41, 5.74) is 1.19. The highest BCUT2D eigenvalue weighted by Crippen LogP contribution is 2.33. The Morgan fingerprint density at radius 3 is 2.40 bits per heavy atom. The summed E-state index contributed by atoms with van der Waals surface area (Å²) in [5, 5.41) is 3.39. The maximum atomic E-state index is 12.5. The molecule has 0 saturated carbocycles. The first-order valence-corrected chi connectivity index (χ1v) is 10.4. The zero-order chi connectivity index (χ0) is 17.7. The monoisotopic (exact) mass is 359 g/mol. The molecule has 4 nitrogen and oxygen atoms in total. The second-order valence-corrected chi connectivity index (χ2v) is 8.69. The molecule has 1 aliphatic heterocycles. The van der Waals surface area contributed by atoms with Gasteiger partial charge in [0.25, 0.3) is 0 Å². The summed E-state index contributed by atoms with van der Waals surface area (Å²) in [7, 11) is -3.26. The molecule has 0 amide bonds. The summed E-state index contributed by atoms with van der Waals surface area (Å²) in [6.45, 7) is 3.43. The van der Waals surface area contributed by atoms with Gasteiger partial charge in [0.2, 0.25) is 0 Å². The summed E-state index contributed by atoms with van der Waals surface area (Å²) >= 11 is 0. The van der Waals surface area contributed by atoms with Crippen molar-refractivity contribution in [1.29, 1.82) is 0 Å². The largest absolute Gasteiger partial charge is 0.373 e. The maximum absolute atomic E-state index is 12.5. The molecule has 1 aliphatic rings. The second-order valence-electron chi connectivity index (χ2n) is 6.65. The smallest absolute Gasteiger partial charge is 0.179 e. The predicted molar refractivity (Wildman–Crippen MR) is 99.2 cm³/mol. The van der Waals surface area contributed by atoms with E-state index in [-0.39, 0.29) is 17.9 Å². The Morgan fingerprint density at radius 1 is 1.08 bits per heavy atom. The van der Waals surface area contributed by atoms with E-state index in [2.05, 4.69) is 17.4 Å². The Morgan fingerprint density at radius 2 is 1.72 bits per heavy atom. The van der Waals surface area contributed by atoms with E-state index in [1.54, 1.807) is 24.3 Å². The van der Waals surface area contributed by atoms with Gasteiger partial charge in [0.05, 0.1) is 16.8 Å². The molecule has 2 aromatic carbocycles. The molecule has 1 saturated heterocycles. The molecule has 0 aliphatic carbocycles. The van der Waals surface area contributed by atoms with E-state index >= 15 is 0 Å². The van der Waals surface area contributed by atoms with Crippen molar-refractivity contribution in [2.24, 2.45) is 5.92 Å². The molecule has 1 heterocycles. The van der Waals surface area contributed by atoms with Crippen molar-refractivity contribution in [3.8, 4) is 0 Å². The molecular formula is C20H25NO3S. The highest BCUT2D eigenvalue weighted by atomic mass is 32.2. The van der Waals surface area contributed by atoms with Crippen LogP contribution < -0.4 is 5.32 Å². The first kappa shape index (κ1) is 18.1. The Bertz CT molecular complexity index is 762. The van der Waals surface area contributed by atoms with Crippen LogP contribution >= 0.6 is 0 Å². The van der Waals surface area contributed by atoms with Crippen LogP contribution in [0.1, 0.15) is 25.0 Å². The number of sulfone groups is 1. The number of benzene rings is 2. The quantitative estimate of drug-likeness (QED) is 0.825. The Labute approximate surface area is 150 Å². The number of hydrogen-bond donors (Lipinski definition) is 1. The number of rotatable bonds is 7. The van der Waals surface area contributed by atoms with Crippen molar-refractivity contribution in [1.82, 2.24) is 5.32 Å². The van der Waals surface area contributed by atoms with Gasteiger partial charge in [0.1, 0.15) is 0 Å². The summed E-state index contributed by atoms with van der Waals surface area (Å²) in [6, 6.07) is 18.8. The summed E-state index contributed by atoms with van der Waals surface area (Å²) in [4.78, 5) is 0.384. The Balaban J connectivity index is 1.56. The van der Waals surface area contributed by atoms with Gasteiger partial charge in [-0.2, -0.15) is 0 Å². The lowest BCUT2D eigenvalue weighted by molar-refractivity contribution is 0.0901. The molecule has 5 heteroatoms. The Kier molecular flexibility index (Phi) is 5.89. The molecule has 0 bridgehead atoms. The lowest BCUT2D eigenvalue weighted by atomic mass is 9.95.